The molecule has 1 aliphatic carbocycles. The van der Waals surface area contributed by atoms with Crippen molar-refractivity contribution in [1.29, 1.82) is 0 Å². The molecule has 1 aliphatic heterocycles. The molecule has 2 amide bonds. The van der Waals surface area contributed by atoms with Crippen molar-refractivity contribution in [3.63, 3.8) is 0 Å². The third kappa shape index (κ3) is 6.17. The highest BCUT2D eigenvalue weighted by atomic mass is 35.5. The summed E-state index contributed by atoms with van der Waals surface area (Å²) in [5.74, 6) is -4.36. The Morgan fingerprint density at radius 2 is 1.88 bits per heavy atom. The molecule has 1 saturated heterocycles. The first kappa shape index (κ1) is 28.5. The van der Waals surface area contributed by atoms with Gasteiger partial charge in [-0.05, 0) is 49.6 Å². The van der Waals surface area contributed by atoms with E-state index >= 15 is 0 Å². The second-order valence-electron chi connectivity index (χ2n) is 10.1. The molecule has 0 radical (unpaired) electrons. The van der Waals surface area contributed by atoms with Crippen LogP contribution in [0, 0.1) is 10.7 Å². The van der Waals surface area contributed by atoms with Gasteiger partial charge in [0.1, 0.15) is 16.7 Å². The second-order valence-corrected chi connectivity index (χ2v) is 10.5. The highest BCUT2D eigenvalue weighted by Gasteiger charge is 2.48. The summed E-state index contributed by atoms with van der Waals surface area (Å²) in [7, 11) is 0. The van der Waals surface area contributed by atoms with Crippen LogP contribution < -0.4 is 15.2 Å². The van der Waals surface area contributed by atoms with Crippen LogP contribution in [0.2, 0.25) is 5.02 Å². The van der Waals surface area contributed by atoms with Crippen LogP contribution in [0.3, 0.4) is 0 Å². The molecule has 9 nitrogen and oxygen atoms in total. The number of nitrogens with zero attached hydrogens (tertiary/aromatic N) is 5. The lowest BCUT2D eigenvalue weighted by Gasteiger charge is -2.32. The molecule has 214 valence electrons. The monoisotopic (exact) mass is 587 g/mol. The van der Waals surface area contributed by atoms with Crippen LogP contribution in [0.5, 0.6) is 0 Å². The number of aromatic nitrogens is 2. The topological polar surface area (TPSA) is 98.5 Å². The molecule has 1 aromatic heterocycles. The zero-order valence-corrected chi connectivity index (χ0v) is 22.6. The van der Waals surface area contributed by atoms with Crippen molar-refractivity contribution < 1.29 is 27.6 Å². The molecule has 1 N–H and O–H groups in total. The Kier molecular flexibility index (Phi) is 8.20. The molecule has 0 bridgehead atoms. The SMILES string of the molecule is O=C1CCC(C(=O)N(c2cccc(F)c2)C(c2ccccc2Cl)[N+](=O)NC2CCC(F)(F)CC2)N1c1cnccn1. The molecule has 3 aromatic rings. The first-order valence-electron chi connectivity index (χ1n) is 13.2. The average Bonchev–Trinajstić information content (AvgIpc) is 3.34. The van der Waals surface area contributed by atoms with E-state index in [1.54, 1.807) is 18.2 Å². The van der Waals surface area contributed by atoms with Crippen molar-refractivity contribution in [2.24, 2.45) is 0 Å². The van der Waals surface area contributed by atoms with Gasteiger partial charge in [-0.3, -0.25) is 19.5 Å². The molecule has 13 heteroatoms. The molecule has 2 heterocycles. The lowest BCUT2D eigenvalue weighted by atomic mass is 9.93. The van der Waals surface area contributed by atoms with Crippen LogP contribution in [0.1, 0.15) is 50.3 Å². The van der Waals surface area contributed by atoms with Crippen LogP contribution in [0.4, 0.5) is 24.7 Å². The van der Waals surface area contributed by atoms with E-state index in [4.69, 9.17) is 11.6 Å². The summed E-state index contributed by atoms with van der Waals surface area (Å²) >= 11 is 6.53. The Bertz CT molecular complexity index is 1440. The fourth-order valence-corrected chi connectivity index (χ4v) is 5.50. The third-order valence-corrected chi connectivity index (χ3v) is 7.64. The first-order chi connectivity index (χ1) is 19.6. The predicted octanol–water partition coefficient (Wildman–Crippen LogP) is 5.36. The summed E-state index contributed by atoms with van der Waals surface area (Å²) < 4.78 is 42.1. The van der Waals surface area contributed by atoms with Gasteiger partial charge in [-0.2, -0.15) is 0 Å². The zero-order valence-electron chi connectivity index (χ0n) is 21.8. The summed E-state index contributed by atoms with van der Waals surface area (Å²) in [6.07, 6.45) is 2.11. The number of halogens is 4. The number of anilines is 2. The van der Waals surface area contributed by atoms with E-state index in [0.29, 0.717) is 4.87 Å². The Morgan fingerprint density at radius 3 is 2.56 bits per heavy atom. The van der Waals surface area contributed by atoms with E-state index in [1.165, 1.54) is 47.8 Å². The summed E-state index contributed by atoms with van der Waals surface area (Å²) in [5.41, 5.74) is 2.99. The molecular weight excluding hydrogens is 561 g/mol. The first-order valence-corrected chi connectivity index (χ1v) is 13.5. The highest BCUT2D eigenvalue weighted by Crippen LogP contribution is 2.37. The number of hydrogen-bond acceptors (Lipinski definition) is 5. The average molecular weight is 588 g/mol. The number of hydrogen-bond donors (Lipinski definition) is 1. The molecule has 2 unspecified atom stereocenters. The normalized spacial score (nSPS) is 19.6. The van der Waals surface area contributed by atoms with E-state index in [2.05, 4.69) is 15.4 Å². The summed E-state index contributed by atoms with van der Waals surface area (Å²) in [4.78, 5) is 52.1. The van der Waals surface area contributed by atoms with Gasteiger partial charge in [-0.15, -0.1) is 5.43 Å². The van der Waals surface area contributed by atoms with Gasteiger partial charge in [0.05, 0.1) is 33.4 Å². The second kappa shape index (κ2) is 11.8. The Labute approximate surface area is 238 Å². The van der Waals surface area contributed by atoms with E-state index in [0.717, 1.165) is 11.0 Å². The predicted molar refractivity (Wildman–Crippen MR) is 145 cm³/mol. The van der Waals surface area contributed by atoms with Crippen LogP contribution >= 0.6 is 11.6 Å². The number of alkyl halides is 2. The minimum Gasteiger partial charge on any atom is -0.283 e. The van der Waals surface area contributed by atoms with Gasteiger partial charge in [0, 0.05) is 31.7 Å². The fourth-order valence-electron chi connectivity index (χ4n) is 5.27. The Morgan fingerprint density at radius 1 is 1.12 bits per heavy atom. The lowest BCUT2D eigenvalue weighted by Crippen LogP contribution is -2.53. The molecule has 2 aromatic carbocycles. The van der Waals surface area contributed by atoms with Crippen LogP contribution in [-0.2, 0) is 9.59 Å². The van der Waals surface area contributed by atoms with Crippen LogP contribution in [-0.4, -0.2) is 44.7 Å². The number of amides is 2. The van der Waals surface area contributed by atoms with E-state index in [9.17, 15) is 27.7 Å². The molecular formula is C28H27ClF3N6O3+. The van der Waals surface area contributed by atoms with Gasteiger partial charge in [0.2, 0.25) is 11.8 Å². The van der Waals surface area contributed by atoms with Crippen molar-refractivity contribution in [3.05, 3.63) is 88.4 Å². The Hall–Kier alpha value is -4.06. The van der Waals surface area contributed by atoms with E-state index < -0.39 is 35.9 Å². The molecule has 2 aliphatic rings. The van der Waals surface area contributed by atoms with E-state index in [1.807, 2.05) is 0 Å². The standard InChI is InChI=1S/C28H27ClF3N6O3/c29-22-7-2-1-6-21(22)26(38(41)35-19-10-12-28(31,32)13-11-19)36(20-5-3-4-18(30)16-20)27(40)23-8-9-25(39)37(23)24-17-33-14-15-34-24/h1-7,14-17,19,23,26H,8-13H2,(H,35,41)/q+1. The maximum Gasteiger partial charge on any atom is 0.342 e. The molecule has 0 spiro atoms. The van der Waals surface area contributed by atoms with Crippen molar-refractivity contribution in [2.45, 2.75) is 62.7 Å². The lowest BCUT2D eigenvalue weighted by molar-refractivity contribution is -0.651. The van der Waals surface area contributed by atoms with Crippen LogP contribution in [0.25, 0.3) is 0 Å². The van der Waals surface area contributed by atoms with Crippen molar-refractivity contribution in [3.8, 4) is 0 Å². The van der Waals surface area contributed by atoms with Gasteiger partial charge >= 0.3 is 6.17 Å². The number of hydrazine groups is 1. The summed E-state index contributed by atoms with van der Waals surface area (Å²) in [6.45, 7) is 0. The number of nitrogens with one attached hydrogen (secondary N) is 1. The van der Waals surface area contributed by atoms with Gasteiger partial charge in [0.15, 0.2) is 5.82 Å². The third-order valence-electron chi connectivity index (χ3n) is 7.29. The number of rotatable bonds is 8. The molecule has 2 fully saturated rings. The quantitative estimate of drug-likeness (QED) is 0.216. The van der Waals surface area contributed by atoms with Crippen molar-refractivity contribution >= 4 is 34.9 Å². The smallest absolute Gasteiger partial charge is 0.283 e. The van der Waals surface area contributed by atoms with Gasteiger partial charge < -0.3 is 0 Å². The largest absolute Gasteiger partial charge is 0.342 e. The molecule has 5 rings (SSSR count). The maximum atomic E-state index is 14.5. The van der Waals surface area contributed by atoms with Crippen LogP contribution in [0.15, 0.2) is 67.1 Å². The number of nitroso groups, excluding NO2 is 1. The van der Waals surface area contributed by atoms with Crippen molar-refractivity contribution in [1.82, 2.24) is 15.4 Å². The fraction of sp³-hybridized carbons (Fsp3) is 0.357. The van der Waals surface area contributed by atoms with Gasteiger partial charge in [-0.1, -0.05) is 29.8 Å². The van der Waals surface area contributed by atoms with Gasteiger partial charge in [-0.25, -0.2) is 23.1 Å². The maximum absolute atomic E-state index is 14.5. The number of carbonyl (C=O) groups is 2. The zero-order chi connectivity index (χ0) is 29.1. The highest BCUT2D eigenvalue weighted by molar-refractivity contribution is 6.31. The van der Waals surface area contributed by atoms with Gasteiger partial charge in [0.25, 0.3) is 5.91 Å². The Balaban J connectivity index is 1.58. The summed E-state index contributed by atoms with van der Waals surface area (Å²) in [6, 6.07) is 9.82. The number of benzene rings is 2. The molecule has 2 atom stereocenters. The number of carbonyl (C=O) groups excluding carboxylic acids is 2. The molecule has 1 saturated carbocycles. The van der Waals surface area contributed by atoms with Crippen molar-refractivity contribution in [2.75, 3.05) is 9.80 Å². The molecule has 41 heavy (non-hydrogen) atoms. The van der Waals surface area contributed by atoms with E-state index in [-0.39, 0.29) is 66.5 Å². The minimum atomic E-state index is -2.81. The minimum absolute atomic E-state index is 0.0342. The summed E-state index contributed by atoms with van der Waals surface area (Å²) in [5, 5.41) is 0.151.